The molecule has 0 aliphatic rings. The van der Waals surface area contributed by atoms with Crippen molar-refractivity contribution in [2.45, 2.75) is 26.8 Å². The van der Waals surface area contributed by atoms with E-state index in [1.54, 1.807) is 0 Å². The Morgan fingerprint density at radius 3 is 2.38 bits per heavy atom. The summed E-state index contributed by atoms with van der Waals surface area (Å²) >= 11 is 6.03. The van der Waals surface area contributed by atoms with Crippen molar-refractivity contribution in [1.29, 1.82) is 0 Å². The molecule has 5 heteroatoms. The smallest absolute Gasteiger partial charge is 0.251 e. The third-order valence-electron chi connectivity index (χ3n) is 3.75. The van der Waals surface area contributed by atoms with Crippen molar-refractivity contribution in [3.63, 3.8) is 0 Å². The summed E-state index contributed by atoms with van der Waals surface area (Å²) in [5.41, 5.74) is 8.35. The van der Waals surface area contributed by atoms with Crippen molar-refractivity contribution in [3.05, 3.63) is 70.2 Å². The second-order valence-electron chi connectivity index (χ2n) is 6.55. The largest absolute Gasteiger partial charge is 0.351 e. The Labute approximate surface area is 155 Å². The lowest BCUT2D eigenvalue weighted by molar-refractivity contribution is 0.0936. The zero-order valence-electron chi connectivity index (χ0n) is 14.0. The maximum absolute atomic E-state index is 12.2. The second-order valence-corrected chi connectivity index (χ2v) is 6.99. The molecule has 130 valence electrons. The summed E-state index contributed by atoms with van der Waals surface area (Å²) in [6.07, 6.45) is 0.847. The summed E-state index contributed by atoms with van der Waals surface area (Å²) in [6, 6.07) is 15.2. The van der Waals surface area contributed by atoms with Gasteiger partial charge in [0.2, 0.25) is 0 Å². The van der Waals surface area contributed by atoms with Crippen LogP contribution in [0.25, 0.3) is 0 Å². The van der Waals surface area contributed by atoms with Crippen LogP contribution in [0.2, 0.25) is 5.02 Å². The number of carbonyl (C=O) groups excluding carboxylic acids is 1. The molecule has 24 heavy (non-hydrogen) atoms. The molecule has 3 nitrogen and oxygen atoms in total. The molecule has 0 unspecified atom stereocenters. The lowest BCUT2D eigenvalue weighted by Crippen LogP contribution is -2.35. The van der Waals surface area contributed by atoms with Crippen molar-refractivity contribution in [2.24, 2.45) is 11.1 Å². The number of amides is 1. The maximum Gasteiger partial charge on any atom is 0.251 e. The van der Waals surface area contributed by atoms with Crippen molar-refractivity contribution >= 4 is 29.9 Å². The zero-order chi connectivity index (χ0) is 16.9. The van der Waals surface area contributed by atoms with Gasteiger partial charge in [0.1, 0.15) is 0 Å². The van der Waals surface area contributed by atoms with E-state index in [2.05, 4.69) is 25.2 Å². The summed E-state index contributed by atoms with van der Waals surface area (Å²) in [7, 11) is 0. The summed E-state index contributed by atoms with van der Waals surface area (Å²) in [5, 5.41) is 3.75. The highest BCUT2D eigenvalue weighted by Gasteiger charge is 2.20. The number of nitrogens with two attached hydrogens (primary N) is 1. The average molecular weight is 367 g/mol. The van der Waals surface area contributed by atoms with Crippen LogP contribution in [-0.4, -0.2) is 12.5 Å². The minimum Gasteiger partial charge on any atom is -0.351 e. The van der Waals surface area contributed by atoms with Gasteiger partial charge in [-0.2, -0.15) is 0 Å². The number of benzene rings is 2. The standard InChI is InChI=1S/C19H23ClN2O.ClH/c1-19(2,11-15-4-3-5-17(20)10-15)13-22-18(23)16-8-6-14(12-21)7-9-16;/h3-10H,11-13,21H2,1-2H3,(H,22,23);1H. The molecule has 0 aromatic heterocycles. The van der Waals surface area contributed by atoms with Crippen LogP contribution in [0.5, 0.6) is 0 Å². The van der Waals surface area contributed by atoms with E-state index < -0.39 is 0 Å². The average Bonchev–Trinajstić information content (AvgIpc) is 2.52. The van der Waals surface area contributed by atoms with Crippen molar-refractivity contribution in [3.8, 4) is 0 Å². The Morgan fingerprint density at radius 1 is 1.12 bits per heavy atom. The monoisotopic (exact) mass is 366 g/mol. The van der Waals surface area contributed by atoms with Crippen LogP contribution in [-0.2, 0) is 13.0 Å². The Kier molecular flexibility index (Phi) is 7.74. The van der Waals surface area contributed by atoms with E-state index in [-0.39, 0.29) is 23.7 Å². The number of carbonyl (C=O) groups is 1. The van der Waals surface area contributed by atoms with E-state index in [0.29, 0.717) is 18.7 Å². The van der Waals surface area contributed by atoms with Crippen LogP contribution >= 0.6 is 24.0 Å². The van der Waals surface area contributed by atoms with Crippen LogP contribution in [0.4, 0.5) is 0 Å². The van der Waals surface area contributed by atoms with Crippen LogP contribution in [0, 0.1) is 5.41 Å². The Balaban J connectivity index is 0.00000288. The Bertz CT molecular complexity index is 669. The number of rotatable bonds is 6. The van der Waals surface area contributed by atoms with Crippen molar-refractivity contribution in [2.75, 3.05) is 6.54 Å². The fourth-order valence-electron chi connectivity index (χ4n) is 2.48. The number of hydrogen-bond donors (Lipinski definition) is 2. The molecule has 0 aliphatic carbocycles. The van der Waals surface area contributed by atoms with Gasteiger partial charge in [0.15, 0.2) is 0 Å². The highest BCUT2D eigenvalue weighted by Crippen LogP contribution is 2.23. The third-order valence-corrected chi connectivity index (χ3v) is 3.99. The van der Waals surface area contributed by atoms with E-state index >= 15 is 0 Å². The van der Waals surface area contributed by atoms with E-state index in [4.69, 9.17) is 17.3 Å². The maximum atomic E-state index is 12.2. The molecule has 2 rings (SSSR count). The number of nitrogens with one attached hydrogen (secondary N) is 1. The molecule has 0 heterocycles. The van der Waals surface area contributed by atoms with Crippen LogP contribution < -0.4 is 11.1 Å². The molecule has 0 fully saturated rings. The van der Waals surface area contributed by atoms with Gasteiger partial charge in [-0.05, 0) is 47.2 Å². The van der Waals surface area contributed by atoms with Crippen LogP contribution in [0.15, 0.2) is 48.5 Å². The van der Waals surface area contributed by atoms with Gasteiger partial charge >= 0.3 is 0 Å². The summed E-state index contributed by atoms with van der Waals surface area (Å²) in [4.78, 5) is 12.2. The van der Waals surface area contributed by atoms with Crippen molar-refractivity contribution < 1.29 is 4.79 Å². The van der Waals surface area contributed by atoms with Gasteiger partial charge in [-0.25, -0.2) is 0 Å². The third kappa shape index (κ3) is 6.16. The SMILES string of the molecule is CC(C)(CNC(=O)c1ccc(CN)cc1)Cc1cccc(Cl)c1.Cl. The molecule has 2 aromatic rings. The van der Waals surface area contributed by atoms with Crippen LogP contribution in [0.1, 0.15) is 35.3 Å². The summed E-state index contributed by atoms with van der Waals surface area (Å²) in [6.45, 7) is 5.34. The molecule has 2 aromatic carbocycles. The molecule has 3 N–H and O–H groups in total. The summed E-state index contributed by atoms with van der Waals surface area (Å²) in [5.74, 6) is -0.0623. The van der Waals surface area contributed by atoms with Gasteiger partial charge in [0.25, 0.3) is 5.91 Å². The number of hydrogen-bond acceptors (Lipinski definition) is 2. The predicted molar refractivity (Wildman–Crippen MR) is 103 cm³/mol. The molecular formula is C19H24Cl2N2O. The lowest BCUT2D eigenvalue weighted by Gasteiger charge is -2.25. The first-order valence-corrected chi connectivity index (χ1v) is 8.09. The molecule has 0 spiro atoms. The molecular weight excluding hydrogens is 343 g/mol. The van der Waals surface area contributed by atoms with E-state index in [0.717, 1.165) is 17.0 Å². The molecule has 1 amide bonds. The van der Waals surface area contributed by atoms with Gasteiger partial charge < -0.3 is 11.1 Å². The second kappa shape index (κ2) is 9.07. The normalized spacial score (nSPS) is 10.8. The van der Waals surface area contributed by atoms with E-state index in [1.165, 1.54) is 5.56 Å². The van der Waals surface area contributed by atoms with Gasteiger partial charge in [-0.15, -0.1) is 12.4 Å². The minimum absolute atomic E-state index is 0. The number of halogens is 2. The topological polar surface area (TPSA) is 55.1 Å². The lowest BCUT2D eigenvalue weighted by atomic mass is 9.85. The Hall–Kier alpha value is -1.55. The van der Waals surface area contributed by atoms with Crippen LogP contribution in [0.3, 0.4) is 0 Å². The molecule has 0 saturated heterocycles. The molecule has 0 saturated carbocycles. The molecule has 0 aliphatic heterocycles. The first-order valence-electron chi connectivity index (χ1n) is 7.71. The van der Waals surface area contributed by atoms with Gasteiger partial charge in [-0.1, -0.05) is 49.7 Å². The fourth-order valence-corrected chi connectivity index (χ4v) is 2.69. The first kappa shape index (κ1) is 20.5. The highest BCUT2D eigenvalue weighted by atomic mass is 35.5. The highest BCUT2D eigenvalue weighted by molar-refractivity contribution is 6.30. The summed E-state index contributed by atoms with van der Waals surface area (Å²) < 4.78 is 0. The first-order chi connectivity index (χ1) is 10.9. The molecule has 0 radical (unpaired) electrons. The molecule has 0 bridgehead atoms. The predicted octanol–water partition coefficient (Wildman–Crippen LogP) is 4.22. The van der Waals surface area contributed by atoms with Gasteiger partial charge in [0, 0.05) is 23.7 Å². The zero-order valence-corrected chi connectivity index (χ0v) is 15.6. The van der Waals surface area contributed by atoms with E-state index in [9.17, 15) is 4.79 Å². The van der Waals surface area contributed by atoms with Gasteiger partial charge in [0.05, 0.1) is 0 Å². The van der Waals surface area contributed by atoms with Crippen molar-refractivity contribution in [1.82, 2.24) is 5.32 Å². The van der Waals surface area contributed by atoms with E-state index in [1.807, 2.05) is 42.5 Å². The molecule has 0 atom stereocenters. The Morgan fingerprint density at radius 2 is 1.79 bits per heavy atom. The quantitative estimate of drug-likeness (QED) is 0.803. The van der Waals surface area contributed by atoms with Gasteiger partial charge in [-0.3, -0.25) is 4.79 Å². The minimum atomic E-state index is -0.0623. The fraction of sp³-hybridized carbons (Fsp3) is 0.316.